The quantitative estimate of drug-likeness (QED) is 0.717. The first-order chi connectivity index (χ1) is 11.4. The number of anilines is 1. The van der Waals surface area contributed by atoms with Crippen LogP contribution in [0.5, 0.6) is 0 Å². The zero-order valence-electron chi connectivity index (χ0n) is 14.6. The minimum Gasteiger partial charge on any atom is -0.351 e. The van der Waals surface area contributed by atoms with Gasteiger partial charge in [-0.1, -0.05) is 39.0 Å². The van der Waals surface area contributed by atoms with Crippen molar-refractivity contribution in [3.8, 4) is 0 Å². The van der Waals surface area contributed by atoms with Gasteiger partial charge in [-0.15, -0.1) is 0 Å². The Morgan fingerprint density at radius 3 is 2.83 bits per heavy atom. The fourth-order valence-electron chi connectivity index (χ4n) is 5.55. The summed E-state index contributed by atoms with van der Waals surface area (Å²) in [6, 6.07) is 8.98. The number of fused-ring (bicyclic) bond motifs is 5. The van der Waals surface area contributed by atoms with Crippen LogP contribution in [0.1, 0.15) is 40.0 Å². The van der Waals surface area contributed by atoms with E-state index in [0.29, 0.717) is 16.9 Å². The second-order valence-corrected chi connectivity index (χ2v) is 8.93. The van der Waals surface area contributed by atoms with Gasteiger partial charge in [-0.25, -0.2) is 9.97 Å². The standard InChI is InChI=1S/C20H24N4/c1-19(2)8-13-9-20(3,10-19)11-24(13)18-17-16(21-12-22-18)14-6-4-5-7-15(14)23-17/h4-7,12-13,23H,8-11H2,1-3H3/t13-,20+/m1/s1. The minimum absolute atomic E-state index is 0.399. The molecule has 0 radical (unpaired) electrons. The van der Waals surface area contributed by atoms with Crippen LogP contribution in [0.2, 0.25) is 0 Å². The number of nitrogens with one attached hydrogen (secondary N) is 1. The Bertz CT molecular complexity index is 941. The minimum atomic E-state index is 0.399. The van der Waals surface area contributed by atoms with Crippen molar-refractivity contribution in [1.29, 1.82) is 0 Å². The van der Waals surface area contributed by atoms with Crippen LogP contribution in [0.3, 0.4) is 0 Å². The van der Waals surface area contributed by atoms with Gasteiger partial charge in [0.1, 0.15) is 17.4 Å². The maximum atomic E-state index is 4.71. The van der Waals surface area contributed by atoms with Gasteiger partial charge in [0.25, 0.3) is 0 Å². The summed E-state index contributed by atoms with van der Waals surface area (Å²) < 4.78 is 0. The van der Waals surface area contributed by atoms with Gasteiger partial charge < -0.3 is 9.88 Å². The summed E-state index contributed by atoms with van der Waals surface area (Å²) in [7, 11) is 0. The average Bonchev–Trinajstić information content (AvgIpc) is 3.00. The van der Waals surface area contributed by atoms with E-state index in [0.717, 1.165) is 28.9 Å². The number of hydrogen-bond donors (Lipinski definition) is 1. The van der Waals surface area contributed by atoms with E-state index in [1.807, 2.05) is 0 Å². The van der Waals surface area contributed by atoms with Crippen molar-refractivity contribution in [1.82, 2.24) is 15.0 Å². The molecule has 1 aliphatic heterocycles. The summed E-state index contributed by atoms with van der Waals surface area (Å²) in [5, 5.41) is 1.19. The highest BCUT2D eigenvalue weighted by Gasteiger charge is 2.50. The third kappa shape index (κ3) is 1.98. The van der Waals surface area contributed by atoms with Crippen molar-refractivity contribution < 1.29 is 0 Å². The van der Waals surface area contributed by atoms with Crippen LogP contribution in [-0.4, -0.2) is 27.5 Å². The molecule has 5 rings (SSSR count). The molecule has 2 aliphatic rings. The van der Waals surface area contributed by atoms with Gasteiger partial charge in [0, 0.05) is 23.5 Å². The zero-order valence-corrected chi connectivity index (χ0v) is 14.6. The number of aromatic amines is 1. The predicted octanol–water partition coefficient (Wildman–Crippen LogP) is 4.52. The fraction of sp³-hybridized carbons (Fsp3) is 0.500. The SMILES string of the molecule is CC1(C)C[C@@H]2C[C@](C)(CN2c2ncnc3c2[nH]c2ccccc23)C1. The van der Waals surface area contributed by atoms with Crippen LogP contribution in [-0.2, 0) is 0 Å². The first kappa shape index (κ1) is 14.3. The first-order valence-electron chi connectivity index (χ1n) is 8.92. The van der Waals surface area contributed by atoms with Gasteiger partial charge in [0.2, 0.25) is 0 Å². The second kappa shape index (κ2) is 4.50. The molecule has 0 spiro atoms. The van der Waals surface area contributed by atoms with Crippen LogP contribution >= 0.6 is 0 Å². The van der Waals surface area contributed by atoms with E-state index in [1.54, 1.807) is 6.33 Å². The van der Waals surface area contributed by atoms with Crippen LogP contribution in [0.25, 0.3) is 21.9 Å². The molecule has 2 aromatic heterocycles. The lowest BCUT2D eigenvalue weighted by atomic mass is 9.65. The van der Waals surface area contributed by atoms with Gasteiger partial charge >= 0.3 is 0 Å². The molecule has 124 valence electrons. The Morgan fingerprint density at radius 2 is 1.96 bits per heavy atom. The largest absolute Gasteiger partial charge is 0.351 e. The van der Waals surface area contributed by atoms with E-state index < -0.39 is 0 Å². The van der Waals surface area contributed by atoms with E-state index >= 15 is 0 Å². The Balaban J connectivity index is 1.68. The molecule has 24 heavy (non-hydrogen) atoms. The molecule has 2 atom stereocenters. The number of rotatable bonds is 1. The maximum absolute atomic E-state index is 4.71. The van der Waals surface area contributed by atoms with Gasteiger partial charge in [-0.05, 0) is 36.2 Å². The van der Waals surface area contributed by atoms with Crippen LogP contribution < -0.4 is 4.90 Å². The maximum Gasteiger partial charge on any atom is 0.156 e. The molecular formula is C20H24N4. The van der Waals surface area contributed by atoms with E-state index in [4.69, 9.17) is 4.98 Å². The summed E-state index contributed by atoms with van der Waals surface area (Å²) in [6.45, 7) is 8.38. The van der Waals surface area contributed by atoms with Crippen LogP contribution in [0.4, 0.5) is 5.82 Å². The molecule has 1 aliphatic carbocycles. The Labute approximate surface area is 142 Å². The highest BCUT2D eigenvalue weighted by molar-refractivity contribution is 6.08. The highest BCUT2D eigenvalue weighted by atomic mass is 15.3. The number of para-hydroxylation sites is 1. The molecule has 2 bridgehead atoms. The first-order valence-corrected chi connectivity index (χ1v) is 8.92. The van der Waals surface area contributed by atoms with Gasteiger partial charge in [-0.2, -0.15) is 0 Å². The van der Waals surface area contributed by atoms with Crippen molar-refractivity contribution in [3.63, 3.8) is 0 Å². The summed E-state index contributed by atoms with van der Waals surface area (Å²) in [5.41, 5.74) is 4.09. The normalized spacial score (nSPS) is 28.8. The van der Waals surface area contributed by atoms with Crippen molar-refractivity contribution in [2.45, 2.75) is 46.1 Å². The van der Waals surface area contributed by atoms with Crippen molar-refractivity contribution in [3.05, 3.63) is 30.6 Å². The lowest BCUT2D eigenvalue weighted by Gasteiger charge is -2.39. The van der Waals surface area contributed by atoms with Crippen molar-refractivity contribution in [2.75, 3.05) is 11.4 Å². The highest BCUT2D eigenvalue weighted by Crippen LogP contribution is 2.53. The molecule has 1 saturated carbocycles. The summed E-state index contributed by atoms with van der Waals surface area (Å²) in [4.78, 5) is 15.4. The monoisotopic (exact) mass is 320 g/mol. The number of H-pyrrole nitrogens is 1. The molecular weight excluding hydrogens is 296 g/mol. The van der Waals surface area contributed by atoms with E-state index in [-0.39, 0.29) is 0 Å². The molecule has 1 N–H and O–H groups in total. The Morgan fingerprint density at radius 1 is 1.12 bits per heavy atom. The average molecular weight is 320 g/mol. The molecule has 1 saturated heterocycles. The van der Waals surface area contributed by atoms with Crippen LogP contribution in [0.15, 0.2) is 30.6 Å². The third-order valence-electron chi connectivity index (χ3n) is 5.96. The molecule has 1 aromatic carbocycles. The number of nitrogens with zero attached hydrogens (tertiary/aromatic N) is 3. The van der Waals surface area contributed by atoms with Gasteiger partial charge in [0.15, 0.2) is 5.82 Å². The van der Waals surface area contributed by atoms with Gasteiger partial charge in [-0.3, -0.25) is 0 Å². The number of benzene rings is 1. The molecule has 0 amide bonds. The molecule has 4 nitrogen and oxygen atoms in total. The molecule has 2 fully saturated rings. The topological polar surface area (TPSA) is 44.8 Å². The van der Waals surface area contributed by atoms with E-state index in [2.05, 4.69) is 59.9 Å². The number of aromatic nitrogens is 3. The third-order valence-corrected chi connectivity index (χ3v) is 5.96. The van der Waals surface area contributed by atoms with Crippen molar-refractivity contribution >= 4 is 27.8 Å². The molecule has 4 heteroatoms. The lowest BCUT2D eigenvalue weighted by molar-refractivity contribution is 0.136. The molecule has 3 heterocycles. The second-order valence-electron chi connectivity index (χ2n) is 8.93. The van der Waals surface area contributed by atoms with Crippen molar-refractivity contribution in [2.24, 2.45) is 10.8 Å². The van der Waals surface area contributed by atoms with E-state index in [1.165, 1.54) is 24.6 Å². The zero-order chi connectivity index (χ0) is 16.5. The summed E-state index contributed by atoms with van der Waals surface area (Å²) >= 11 is 0. The number of hydrogen-bond acceptors (Lipinski definition) is 3. The van der Waals surface area contributed by atoms with Gasteiger partial charge in [0.05, 0.1) is 0 Å². The fourth-order valence-corrected chi connectivity index (χ4v) is 5.55. The summed E-state index contributed by atoms with van der Waals surface area (Å²) in [5.74, 6) is 1.09. The summed E-state index contributed by atoms with van der Waals surface area (Å²) in [6.07, 6.45) is 5.55. The molecule has 3 aromatic rings. The lowest BCUT2D eigenvalue weighted by Crippen LogP contribution is -2.35. The smallest absolute Gasteiger partial charge is 0.156 e. The Kier molecular flexibility index (Phi) is 2.67. The molecule has 0 unspecified atom stereocenters. The van der Waals surface area contributed by atoms with Crippen LogP contribution in [0, 0.1) is 10.8 Å². The Hall–Kier alpha value is -2.10. The predicted molar refractivity (Wildman–Crippen MR) is 98.3 cm³/mol. The van der Waals surface area contributed by atoms with E-state index in [9.17, 15) is 0 Å².